The fourth-order valence-electron chi connectivity index (χ4n) is 3.86. The van der Waals surface area contributed by atoms with E-state index < -0.39 is 4.92 Å². The van der Waals surface area contributed by atoms with Crippen LogP contribution >= 0.6 is 11.8 Å². The molecule has 2 aliphatic heterocycles. The van der Waals surface area contributed by atoms with Gasteiger partial charge in [0.1, 0.15) is 5.56 Å². The minimum atomic E-state index is -0.531. The van der Waals surface area contributed by atoms with E-state index in [0.717, 1.165) is 37.6 Å². The highest BCUT2D eigenvalue weighted by molar-refractivity contribution is 7.99. The molecule has 0 bridgehead atoms. The van der Waals surface area contributed by atoms with Crippen molar-refractivity contribution in [3.63, 3.8) is 0 Å². The lowest BCUT2D eigenvalue weighted by Gasteiger charge is -2.32. The largest absolute Gasteiger partial charge is 0.493 e. The van der Waals surface area contributed by atoms with E-state index in [1.165, 1.54) is 39.2 Å². The van der Waals surface area contributed by atoms with Gasteiger partial charge in [-0.1, -0.05) is 0 Å². The van der Waals surface area contributed by atoms with Crippen LogP contribution < -0.4 is 9.47 Å². The van der Waals surface area contributed by atoms with Gasteiger partial charge in [-0.2, -0.15) is 11.8 Å². The summed E-state index contributed by atoms with van der Waals surface area (Å²) in [5.74, 6) is 2.10. The average Bonchev–Trinajstić information content (AvgIpc) is 3.10. The van der Waals surface area contributed by atoms with Gasteiger partial charge in [-0.05, 0) is 38.1 Å². The molecular formula is C19H27N3O5S. The van der Waals surface area contributed by atoms with E-state index in [4.69, 9.17) is 9.47 Å². The van der Waals surface area contributed by atoms with Crippen LogP contribution in [0.5, 0.6) is 11.5 Å². The van der Waals surface area contributed by atoms with Crippen molar-refractivity contribution in [3.05, 3.63) is 27.8 Å². The topological polar surface area (TPSA) is 85.2 Å². The summed E-state index contributed by atoms with van der Waals surface area (Å²) in [5.41, 5.74) is -0.194. The Morgan fingerprint density at radius 2 is 1.86 bits per heavy atom. The molecule has 1 aromatic carbocycles. The lowest BCUT2D eigenvalue weighted by Crippen LogP contribution is -2.47. The quantitative estimate of drug-likeness (QED) is 0.527. The van der Waals surface area contributed by atoms with Gasteiger partial charge in [0.2, 0.25) is 0 Å². The van der Waals surface area contributed by atoms with Gasteiger partial charge in [-0.25, -0.2) is 0 Å². The maximum atomic E-state index is 13.4. The maximum absolute atomic E-state index is 13.4. The third kappa shape index (κ3) is 4.52. The molecule has 28 heavy (non-hydrogen) atoms. The second-order valence-corrected chi connectivity index (χ2v) is 8.22. The smallest absolute Gasteiger partial charge is 0.286 e. The number of ether oxygens (including phenoxy) is 2. The van der Waals surface area contributed by atoms with Gasteiger partial charge in [0.05, 0.1) is 31.3 Å². The molecule has 0 saturated carbocycles. The lowest BCUT2D eigenvalue weighted by molar-refractivity contribution is -0.385. The van der Waals surface area contributed by atoms with Gasteiger partial charge in [0.15, 0.2) is 11.5 Å². The predicted octanol–water partition coefficient (Wildman–Crippen LogP) is 2.66. The highest BCUT2D eigenvalue weighted by atomic mass is 32.2. The summed E-state index contributed by atoms with van der Waals surface area (Å²) in [5, 5.41) is 11.6. The van der Waals surface area contributed by atoms with Gasteiger partial charge >= 0.3 is 0 Å². The number of carbonyl (C=O) groups excluding carboxylic acids is 1. The maximum Gasteiger partial charge on any atom is 0.286 e. The van der Waals surface area contributed by atoms with Crippen LogP contribution in [-0.2, 0) is 0 Å². The Morgan fingerprint density at radius 3 is 2.50 bits per heavy atom. The van der Waals surface area contributed by atoms with Crippen LogP contribution in [0.3, 0.4) is 0 Å². The molecule has 2 heterocycles. The fraction of sp³-hybridized carbons (Fsp3) is 0.632. The number of likely N-dealkylation sites (tertiary alicyclic amines) is 1. The molecule has 9 heteroatoms. The molecular weight excluding hydrogens is 382 g/mol. The molecule has 0 radical (unpaired) electrons. The number of rotatable bonds is 6. The van der Waals surface area contributed by atoms with Crippen molar-refractivity contribution in [3.8, 4) is 11.5 Å². The monoisotopic (exact) mass is 409 g/mol. The molecule has 2 saturated heterocycles. The Balaban J connectivity index is 1.93. The van der Waals surface area contributed by atoms with E-state index in [0.29, 0.717) is 12.3 Å². The summed E-state index contributed by atoms with van der Waals surface area (Å²) in [6, 6.07) is 2.75. The minimum Gasteiger partial charge on any atom is -0.493 e. The summed E-state index contributed by atoms with van der Waals surface area (Å²) in [6.45, 7) is 3.54. The van der Waals surface area contributed by atoms with Crippen LogP contribution in [0.1, 0.15) is 29.6 Å². The first-order valence-corrected chi connectivity index (χ1v) is 10.7. The Labute approximate surface area is 169 Å². The second-order valence-electron chi connectivity index (χ2n) is 7.07. The second kappa shape index (κ2) is 9.47. The van der Waals surface area contributed by atoms with E-state index in [2.05, 4.69) is 4.90 Å². The Bertz CT molecular complexity index is 724. The van der Waals surface area contributed by atoms with Gasteiger partial charge in [-0.3, -0.25) is 14.9 Å². The standard InChI is InChI=1S/C19H27N3O5S/c1-26-17-10-15(16(22(24)25)11-18(17)27-2)19(23)21-8-5-9-28-13-14(21)12-20-6-3-4-7-20/h10-11,14H,3-9,12-13H2,1-2H3. The number of benzene rings is 1. The van der Waals surface area contributed by atoms with Gasteiger partial charge in [0, 0.05) is 24.9 Å². The van der Waals surface area contributed by atoms with Crippen LogP contribution in [-0.4, -0.2) is 78.6 Å². The molecule has 154 valence electrons. The van der Waals surface area contributed by atoms with Gasteiger partial charge in [-0.15, -0.1) is 0 Å². The molecule has 1 atom stereocenters. The molecule has 0 N–H and O–H groups in total. The summed E-state index contributed by atoms with van der Waals surface area (Å²) >= 11 is 1.85. The molecule has 2 aliphatic rings. The van der Waals surface area contributed by atoms with Crippen LogP contribution in [0.25, 0.3) is 0 Å². The average molecular weight is 410 g/mol. The first kappa shape index (κ1) is 20.7. The molecule has 1 amide bonds. The van der Waals surface area contributed by atoms with E-state index in [-0.39, 0.29) is 28.9 Å². The van der Waals surface area contributed by atoms with Crippen LogP contribution in [0.4, 0.5) is 5.69 Å². The number of nitrogens with zero attached hydrogens (tertiary/aromatic N) is 3. The number of hydrogen-bond donors (Lipinski definition) is 0. The first-order chi connectivity index (χ1) is 13.5. The number of nitro groups is 1. The van der Waals surface area contributed by atoms with Crippen molar-refractivity contribution >= 4 is 23.4 Å². The number of nitro benzene ring substituents is 1. The summed E-state index contributed by atoms with van der Waals surface area (Å²) in [4.78, 5) is 28.7. The van der Waals surface area contributed by atoms with Crippen molar-refractivity contribution in [2.24, 2.45) is 0 Å². The molecule has 1 aromatic rings. The summed E-state index contributed by atoms with van der Waals surface area (Å²) in [6.07, 6.45) is 3.26. The highest BCUT2D eigenvalue weighted by Gasteiger charge is 2.33. The Hall–Kier alpha value is -2.00. The molecule has 0 spiro atoms. The van der Waals surface area contributed by atoms with Crippen molar-refractivity contribution in [2.75, 3.05) is 51.9 Å². The van der Waals surface area contributed by atoms with Crippen LogP contribution in [0, 0.1) is 10.1 Å². The third-order valence-electron chi connectivity index (χ3n) is 5.30. The normalized spacial score (nSPS) is 20.6. The lowest BCUT2D eigenvalue weighted by atomic mass is 10.1. The van der Waals surface area contributed by atoms with E-state index in [9.17, 15) is 14.9 Å². The predicted molar refractivity (Wildman–Crippen MR) is 109 cm³/mol. The van der Waals surface area contributed by atoms with E-state index in [1.807, 2.05) is 16.7 Å². The minimum absolute atomic E-state index is 0.0470. The molecule has 0 aromatic heterocycles. The first-order valence-electron chi connectivity index (χ1n) is 9.56. The number of thioether (sulfide) groups is 1. The number of amides is 1. The van der Waals surface area contributed by atoms with E-state index in [1.54, 1.807) is 0 Å². The zero-order valence-corrected chi connectivity index (χ0v) is 17.2. The Morgan fingerprint density at radius 1 is 1.18 bits per heavy atom. The molecule has 1 unspecified atom stereocenters. The van der Waals surface area contributed by atoms with Crippen molar-refractivity contribution in [1.29, 1.82) is 0 Å². The zero-order chi connectivity index (χ0) is 20.1. The number of carbonyl (C=O) groups is 1. The van der Waals surface area contributed by atoms with Crippen molar-refractivity contribution < 1.29 is 19.2 Å². The van der Waals surface area contributed by atoms with Crippen LogP contribution in [0.15, 0.2) is 12.1 Å². The van der Waals surface area contributed by atoms with Gasteiger partial charge < -0.3 is 19.3 Å². The number of methoxy groups -OCH3 is 2. The fourth-order valence-corrected chi connectivity index (χ4v) is 4.91. The SMILES string of the molecule is COc1cc(C(=O)N2CCCSCC2CN2CCCC2)c([N+](=O)[O-])cc1OC. The summed E-state index contributed by atoms with van der Waals surface area (Å²) < 4.78 is 10.5. The number of hydrogen-bond acceptors (Lipinski definition) is 7. The highest BCUT2D eigenvalue weighted by Crippen LogP contribution is 2.35. The molecule has 3 rings (SSSR count). The molecule has 2 fully saturated rings. The van der Waals surface area contributed by atoms with Crippen LogP contribution in [0.2, 0.25) is 0 Å². The van der Waals surface area contributed by atoms with Crippen molar-refractivity contribution in [1.82, 2.24) is 9.80 Å². The molecule has 0 aliphatic carbocycles. The van der Waals surface area contributed by atoms with E-state index >= 15 is 0 Å². The zero-order valence-electron chi connectivity index (χ0n) is 16.4. The molecule has 8 nitrogen and oxygen atoms in total. The van der Waals surface area contributed by atoms with Crippen molar-refractivity contribution in [2.45, 2.75) is 25.3 Å². The summed E-state index contributed by atoms with van der Waals surface area (Å²) in [7, 11) is 2.87. The Kier molecular flexibility index (Phi) is 7.01. The third-order valence-corrected chi connectivity index (χ3v) is 6.49. The van der Waals surface area contributed by atoms with Gasteiger partial charge in [0.25, 0.3) is 11.6 Å².